The summed E-state index contributed by atoms with van der Waals surface area (Å²) in [4.78, 5) is 12.6. The number of halogens is 1. The summed E-state index contributed by atoms with van der Waals surface area (Å²) in [5.41, 5.74) is 3.19. The van der Waals surface area contributed by atoms with Crippen LogP contribution in [0.2, 0.25) is 5.02 Å². The lowest BCUT2D eigenvalue weighted by Crippen LogP contribution is -2.36. The second-order valence-corrected chi connectivity index (χ2v) is 8.76. The molecule has 5 nitrogen and oxygen atoms in total. The number of hydrogen-bond donors (Lipinski definition) is 2. The maximum Gasteiger partial charge on any atom is 0.251 e. The summed E-state index contributed by atoms with van der Waals surface area (Å²) in [7, 11) is -3.47. The number of carbonyl (C=O) groups is 1. The van der Waals surface area contributed by atoms with Crippen LogP contribution >= 0.6 is 11.6 Å². The van der Waals surface area contributed by atoms with E-state index in [9.17, 15) is 13.2 Å². The average molecular weight is 393 g/mol. The van der Waals surface area contributed by atoms with Crippen LogP contribution in [0.15, 0.2) is 42.5 Å². The lowest BCUT2D eigenvalue weighted by atomic mass is 10.0. The Labute approximate surface area is 158 Å². The van der Waals surface area contributed by atoms with Gasteiger partial charge in [0.15, 0.2) is 0 Å². The monoisotopic (exact) mass is 392 g/mol. The largest absolute Gasteiger partial charge is 0.349 e. The second kappa shape index (κ2) is 7.68. The number of carbonyl (C=O) groups excluding carboxylic acids is 1. The van der Waals surface area contributed by atoms with E-state index >= 15 is 0 Å². The van der Waals surface area contributed by atoms with Crippen molar-refractivity contribution in [1.29, 1.82) is 0 Å². The van der Waals surface area contributed by atoms with Gasteiger partial charge in [-0.3, -0.25) is 9.52 Å². The number of sulfonamides is 1. The first kappa shape index (κ1) is 18.7. The minimum absolute atomic E-state index is 0.0492. The van der Waals surface area contributed by atoms with Crippen LogP contribution in [-0.4, -0.2) is 26.6 Å². The van der Waals surface area contributed by atoms with Crippen LogP contribution in [0.3, 0.4) is 0 Å². The van der Waals surface area contributed by atoms with Crippen LogP contribution in [0.25, 0.3) is 0 Å². The molecule has 0 radical (unpaired) electrons. The molecule has 0 aromatic heterocycles. The summed E-state index contributed by atoms with van der Waals surface area (Å²) < 4.78 is 25.2. The van der Waals surface area contributed by atoms with Gasteiger partial charge in [0.2, 0.25) is 10.0 Å². The van der Waals surface area contributed by atoms with Crippen LogP contribution in [0.5, 0.6) is 0 Å². The Morgan fingerprint density at radius 2 is 1.88 bits per heavy atom. The van der Waals surface area contributed by atoms with Crippen LogP contribution in [0, 0.1) is 0 Å². The predicted molar refractivity (Wildman–Crippen MR) is 104 cm³/mol. The van der Waals surface area contributed by atoms with E-state index in [4.69, 9.17) is 11.6 Å². The molecule has 2 N–H and O–H groups in total. The van der Waals surface area contributed by atoms with Crippen molar-refractivity contribution in [1.82, 2.24) is 5.32 Å². The SMILES string of the molecule is CS(=O)(=O)Nc1cc(C(=O)NC2CCCc3ccccc3C2)ccc1Cl. The maximum atomic E-state index is 12.6. The van der Waals surface area contributed by atoms with Crippen molar-refractivity contribution < 1.29 is 13.2 Å². The van der Waals surface area contributed by atoms with Crippen LogP contribution in [-0.2, 0) is 22.9 Å². The third kappa shape index (κ3) is 4.77. The number of amides is 1. The van der Waals surface area contributed by atoms with Gasteiger partial charge in [-0.2, -0.15) is 0 Å². The van der Waals surface area contributed by atoms with Crippen molar-refractivity contribution in [2.45, 2.75) is 31.7 Å². The third-order valence-electron chi connectivity index (χ3n) is 4.44. The molecule has 0 saturated carbocycles. The molecule has 1 unspecified atom stereocenters. The number of aryl methyl sites for hydroxylation is 1. The first-order valence-electron chi connectivity index (χ1n) is 8.47. The fraction of sp³-hybridized carbons (Fsp3) is 0.316. The average Bonchev–Trinajstić information content (AvgIpc) is 2.77. The first-order valence-corrected chi connectivity index (χ1v) is 10.7. The quantitative estimate of drug-likeness (QED) is 0.783. The van der Waals surface area contributed by atoms with E-state index in [0.29, 0.717) is 5.56 Å². The molecule has 1 atom stereocenters. The molecule has 1 amide bonds. The Morgan fingerprint density at radius 1 is 1.15 bits per heavy atom. The fourth-order valence-corrected chi connectivity index (χ4v) is 4.03. The van der Waals surface area contributed by atoms with Gasteiger partial charge in [-0.15, -0.1) is 0 Å². The zero-order valence-electron chi connectivity index (χ0n) is 14.5. The molecule has 3 rings (SSSR count). The molecule has 0 aliphatic heterocycles. The molecular formula is C19H21ClN2O3S. The molecule has 7 heteroatoms. The van der Waals surface area contributed by atoms with E-state index < -0.39 is 10.0 Å². The minimum Gasteiger partial charge on any atom is -0.349 e. The lowest BCUT2D eigenvalue weighted by Gasteiger charge is -2.17. The molecule has 2 aromatic rings. The standard InChI is InChI=1S/C19H21ClN2O3S/c1-26(24,25)22-18-12-15(9-10-17(18)20)19(23)21-16-8-4-7-13-5-2-3-6-14(13)11-16/h2-3,5-6,9-10,12,16,22H,4,7-8,11H2,1H3,(H,21,23). The normalized spacial score (nSPS) is 17.1. The number of rotatable bonds is 4. The summed E-state index contributed by atoms with van der Waals surface area (Å²) in [6.45, 7) is 0. The van der Waals surface area contributed by atoms with Gasteiger partial charge in [-0.25, -0.2) is 8.42 Å². The molecule has 0 fully saturated rings. The van der Waals surface area contributed by atoms with Gasteiger partial charge >= 0.3 is 0 Å². The molecule has 0 spiro atoms. The summed E-state index contributed by atoms with van der Waals surface area (Å²) in [5, 5.41) is 3.31. The van der Waals surface area contributed by atoms with Crippen LogP contribution in [0.4, 0.5) is 5.69 Å². The van der Waals surface area contributed by atoms with Gasteiger partial charge < -0.3 is 5.32 Å². The fourth-order valence-electron chi connectivity index (χ4n) is 3.24. The zero-order chi connectivity index (χ0) is 18.7. The summed E-state index contributed by atoms with van der Waals surface area (Å²) in [6, 6.07) is 12.9. The smallest absolute Gasteiger partial charge is 0.251 e. The van der Waals surface area contributed by atoms with Crippen molar-refractivity contribution in [2.75, 3.05) is 11.0 Å². The lowest BCUT2D eigenvalue weighted by molar-refractivity contribution is 0.0935. The highest BCUT2D eigenvalue weighted by Gasteiger charge is 2.19. The van der Waals surface area contributed by atoms with E-state index in [1.54, 1.807) is 6.07 Å². The van der Waals surface area contributed by atoms with Crippen LogP contribution in [0.1, 0.15) is 34.3 Å². The molecule has 0 bridgehead atoms. The maximum absolute atomic E-state index is 12.6. The molecule has 138 valence electrons. The van der Waals surface area contributed by atoms with Crippen molar-refractivity contribution in [3.05, 3.63) is 64.2 Å². The summed E-state index contributed by atoms with van der Waals surface area (Å²) in [6.07, 6.45) is 4.78. The highest BCUT2D eigenvalue weighted by molar-refractivity contribution is 7.92. The van der Waals surface area contributed by atoms with Crippen molar-refractivity contribution >= 4 is 33.2 Å². The van der Waals surface area contributed by atoms with Crippen molar-refractivity contribution in [3.63, 3.8) is 0 Å². The Morgan fingerprint density at radius 3 is 2.62 bits per heavy atom. The Hall–Kier alpha value is -2.05. The second-order valence-electron chi connectivity index (χ2n) is 6.60. The van der Waals surface area contributed by atoms with E-state index in [0.717, 1.165) is 31.9 Å². The zero-order valence-corrected chi connectivity index (χ0v) is 16.0. The highest BCUT2D eigenvalue weighted by atomic mass is 35.5. The molecule has 1 aliphatic rings. The van der Waals surface area contributed by atoms with Crippen molar-refractivity contribution in [2.24, 2.45) is 0 Å². The van der Waals surface area contributed by atoms with Gasteiger partial charge in [-0.05, 0) is 55.0 Å². The molecule has 26 heavy (non-hydrogen) atoms. The molecule has 1 aliphatic carbocycles. The van der Waals surface area contributed by atoms with Gasteiger partial charge in [0.1, 0.15) is 0 Å². The van der Waals surface area contributed by atoms with E-state index in [1.807, 2.05) is 12.1 Å². The minimum atomic E-state index is -3.47. The van der Waals surface area contributed by atoms with Gasteiger partial charge in [0.05, 0.1) is 17.0 Å². The number of benzene rings is 2. The van der Waals surface area contributed by atoms with E-state index in [-0.39, 0.29) is 22.7 Å². The molecule has 0 saturated heterocycles. The van der Waals surface area contributed by atoms with E-state index in [1.165, 1.54) is 23.3 Å². The molecule has 2 aromatic carbocycles. The predicted octanol–water partition coefficient (Wildman–Crippen LogP) is 3.39. The summed E-state index contributed by atoms with van der Waals surface area (Å²) in [5.74, 6) is -0.234. The number of anilines is 1. The highest BCUT2D eigenvalue weighted by Crippen LogP contribution is 2.25. The number of hydrogen-bond acceptors (Lipinski definition) is 3. The molecular weight excluding hydrogens is 372 g/mol. The summed E-state index contributed by atoms with van der Waals surface area (Å²) >= 11 is 6.02. The Balaban J connectivity index is 1.75. The van der Waals surface area contributed by atoms with Crippen molar-refractivity contribution in [3.8, 4) is 0 Å². The van der Waals surface area contributed by atoms with Gasteiger partial charge in [0.25, 0.3) is 5.91 Å². The topological polar surface area (TPSA) is 75.3 Å². The molecule has 0 heterocycles. The third-order valence-corrected chi connectivity index (χ3v) is 5.36. The van der Waals surface area contributed by atoms with Gasteiger partial charge in [0, 0.05) is 11.6 Å². The first-order chi connectivity index (χ1) is 12.3. The number of fused-ring (bicyclic) bond motifs is 1. The van der Waals surface area contributed by atoms with E-state index in [2.05, 4.69) is 22.2 Å². The Kier molecular flexibility index (Phi) is 5.53. The number of nitrogens with one attached hydrogen (secondary N) is 2. The van der Waals surface area contributed by atoms with Crippen LogP contribution < -0.4 is 10.0 Å². The Bertz CT molecular complexity index is 928. The van der Waals surface area contributed by atoms with Gasteiger partial charge in [-0.1, -0.05) is 35.9 Å².